The van der Waals surface area contributed by atoms with Crippen LogP contribution in [0.3, 0.4) is 0 Å². The Bertz CT molecular complexity index is 762. The summed E-state index contributed by atoms with van der Waals surface area (Å²) in [6.45, 7) is 0.745. The van der Waals surface area contributed by atoms with Crippen LogP contribution in [-0.4, -0.2) is 74.4 Å². The maximum absolute atomic E-state index is 11.6. The number of aliphatic hydroxyl groups is 1. The van der Waals surface area contributed by atoms with E-state index in [0.29, 0.717) is 0 Å². The van der Waals surface area contributed by atoms with E-state index in [1.807, 2.05) is 6.07 Å². The Morgan fingerprint density at radius 3 is 2.47 bits per heavy atom. The van der Waals surface area contributed by atoms with Crippen LogP contribution in [0.2, 0.25) is 0 Å². The van der Waals surface area contributed by atoms with E-state index in [9.17, 15) is 23.2 Å². The Hall–Kier alpha value is -0.640. The van der Waals surface area contributed by atoms with Crippen LogP contribution >= 0.6 is 0 Å². The quantitative estimate of drug-likeness (QED) is 0.135. The van der Waals surface area contributed by atoms with Crippen molar-refractivity contribution in [2.75, 3.05) is 19.8 Å². The van der Waals surface area contributed by atoms with Gasteiger partial charge >= 0.3 is 40.0 Å². The fraction of sp³-hybridized carbons (Fsp3) is 0.588. The van der Waals surface area contributed by atoms with Crippen molar-refractivity contribution in [1.29, 1.82) is 0 Å². The SMILES string of the molecule is CC([O-])=N[C@H]1[C@@H](OCCN)O[C@H](CO)[C@@H](OCc2ccccc2)[C@@H]1OS(=O)(=O)O.[Na+]. The molecular formula is C17H25N2NaO9S. The van der Waals surface area contributed by atoms with Gasteiger partial charge in [0.2, 0.25) is 0 Å². The summed E-state index contributed by atoms with van der Waals surface area (Å²) >= 11 is 0. The number of nitrogens with zero attached hydrogens (tertiary/aromatic N) is 1. The molecule has 1 aromatic carbocycles. The topological polar surface area (TPSA) is 173 Å². The number of nitrogens with two attached hydrogens (primary N) is 1. The monoisotopic (exact) mass is 456 g/mol. The van der Waals surface area contributed by atoms with Crippen molar-refractivity contribution < 1.29 is 71.1 Å². The molecule has 1 heterocycles. The molecule has 1 aliphatic heterocycles. The van der Waals surface area contributed by atoms with E-state index in [0.717, 1.165) is 12.5 Å². The first-order valence-corrected chi connectivity index (χ1v) is 10.2. The standard InChI is InChI=1S/C17H26N2O9S.Na/c1-11(21)19-14-16(28-29(22,23)24)15(26-10-12-5-3-2-4-6-12)13(9-20)27-17(14)25-8-7-18;/h2-6,13-17,20H,7-10,18H2,1H3,(H,19,21)(H,22,23,24);/q;+1/p-1/t13-,14-,15-,16-,17+;/m1./s1. The maximum Gasteiger partial charge on any atom is 1.00 e. The predicted molar refractivity (Wildman–Crippen MR) is 99.1 cm³/mol. The molecule has 0 saturated carbocycles. The molecule has 2 rings (SSSR count). The molecule has 0 unspecified atom stereocenters. The van der Waals surface area contributed by atoms with Gasteiger partial charge in [0.25, 0.3) is 0 Å². The van der Waals surface area contributed by atoms with Gasteiger partial charge in [-0.05, 0) is 18.4 Å². The van der Waals surface area contributed by atoms with Gasteiger partial charge < -0.3 is 30.2 Å². The molecule has 0 radical (unpaired) electrons. The van der Waals surface area contributed by atoms with Crippen molar-refractivity contribution in [3.8, 4) is 0 Å². The van der Waals surface area contributed by atoms with Gasteiger partial charge in [-0.25, -0.2) is 4.18 Å². The van der Waals surface area contributed by atoms with Crippen molar-refractivity contribution in [3.05, 3.63) is 35.9 Å². The molecule has 1 saturated heterocycles. The van der Waals surface area contributed by atoms with Gasteiger partial charge in [0.15, 0.2) is 6.29 Å². The van der Waals surface area contributed by atoms with E-state index >= 15 is 0 Å². The van der Waals surface area contributed by atoms with Gasteiger partial charge in [-0.3, -0.25) is 9.55 Å². The first-order valence-electron chi connectivity index (χ1n) is 8.85. The number of hydrogen-bond acceptors (Lipinski definition) is 10. The zero-order chi connectivity index (χ0) is 21.4. The second-order valence-electron chi connectivity index (χ2n) is 6.27. The average molecular weight is 456 g/mol. The summed E-state index contributed by atoms with van der Waals surface area (Å²) in [6.07, 6.45) is -5.01. The minimum Gasteiger partial charge on any atom is -0.862 e. The van der Waals surface area contributed by atoms with Gasteiger partial charge in [-0.15, -0.1) is 0 Å². The molecule has 4 N–H and O–H groups in total. The molecule has 11 nitrogen and oxygen atoms in total. The van der Waals surface area contributed by atoms with E-state index in [1.165, 1.54) is 0 Å². The Labute approximate surface area is 197 Å². The number of aliphatic imine (C=N–C) groups is 1. The van der Waals surface area contributed by atoms with Crippen LogP contribution < -0.4 is 40.4 Å². The molecule has 1 aromatic rings. The van der Waals surface area contributed by atoms with Crippen molar-refractivity contribution >= 4 is 16.3 Å². The zero-order valence-corrected chi connectivity index (χ0v) is 19.6. The third-order valence-corrected chi connectivity index (χ3v) is 4.51. The van der Waals surface area contributed by atoms with Crippen LogP contribution in [0.5, 0.6) is 0 Å². The van der Waals surface area contributed by atoms with Crippen LogP contribution in [0.1, 0.15) is 12.5 Å². The Morgan fingerprint density at radius 1 is 1.27 bits per heavy atom. The van der Waals surface area contributed by atoms with Crippen molar-refractivity contribution in [2.45, 2.75) is 44.2 Å². The fourth-order valence-electron chi connectivity index (χ4n) is 2.93. The van der Waals surface area contributed by atoms with Crippen LogP contribution in [0.4, 0.5) is 0 Å². The molecule has 13 heteroatoms. The number of ether oxygens (including phenoxy) is 3. The smallest absolute Gasteiger partial charge is 0.862 e. The van der Waals surface area contributed by atoms with Crippen molar-refractivity contribution in [3.63, 3.8) is 0 Å². The molecule has 5 atom stereocenters. The molecule has 0 bridgehead atoms. The van der Waals surface area contributed by atoms with Gasteiger partial charge in [0, 0.05) is 6.54 Å². The van der Waals surface area contributed by atoms with Crippen LogP contribution in [-0.2, 0) is 35.4 Å². The zero-order valence-electron chi connectivity index (χ0n) is 16.8. The molecule has 0 amide bonds. The second kappa shape index (κ2) is 13.0. The van der Waals surface area contributed by atoms with E-state index in [-0.39, 0.29) is 49.3 Å². The summed E-state index contributed by atoms with van der Waals surface area (Å²) in [4.78, 5) is 3.82. The van der Waals surface area contributed by atoms with E-state index in [1.54, 1.807) is 24.3 Å². The summed E-state index contributed by atoms with van der Waals surface area (Å²) < 4.78 is 53.8. The molecule has 1 fully saturated rings. The van der Waals surface area contributed by atoms with E-state index < -0.39 is 53.5 Å². The largest absolute Gasteiger partial charge is 1.00 e. The molecule has 164 valence electrons. The van der Waals surface area contributed by atoms with Crippen molar-refractivity contribution in [2.24, 2.45) is 10.7 Å². The van der Waals surface area contributed by atoms with Gasteiger partial charge in [-0.2, -0.15) is 8.42 Å². The Kier molecular flexibility index (Phi) is 11.9. The summed E-state index contributed by atoms with van der Waals surface area (Å²) in [6, 6.07) is 7.66. The van der Waals surface area contributed by atoms with Crippen LogP contribution in [0.15, 0.2) is 35.3 Å². The van der Waals surface area contributed by atoms with Gasteiger partial charge in [0.1, 0.15) is 24.4 Å². The molecule has 0 aromatic heterocycles. The summed E-state index contributed by atoms with van der Waals surface area (Å²) in [5.41, 5.74) is 6.18. The second-order valence-corrected chi connectivity index (χ2v) is 7.32. The molecule has 0 spiro atoms. The third-order valence-electron chi connectivity index (χ3n) is 4.04. The fourth-order valence-corrected chi connectivity index (χ4v) is 3.43. The third kappa shape index (κ3) is 8.48. The number of benzene rings is 1. The number of hydrogen-bond donors (Lipinski definition) is 3. The Balaban J connectivity index is 0.00000450. The summed E-state index contributed by atoms with van der Waals surface area (Å²) in [5, 5.41) is 21.4. The van der Waals surface area contributed by atoms with Gasteiger partial charge in [0.05, 0.1) is 19.8 Å². The van der Waals surface area contributed by atoms with E-state index in [2.05, 4.69) is 4.99 Å². The van der Waals surface area contributed by atoms with Gasteiger partial charge in [-0.1, -0.05) is 30.3 Å². The van der Waals surface area contributed by atoms with Crippen LogP contribution in [0.25, 0.3) is 0 Å². The van der Waals surface area contributed by atoms with Crippen LogP contribution in [0, 0.1) is 0 Å². The first kappa shape index (κ1) is 27.4. The Morgan fingerprint density at radius 2 is 1.93 bits per heavy atom. The summed E-state index contributed by atoms with van der Waals surface area (Å²) in [5.74, 6) is -0.645. The predicted octanol–water partition coefficient (Wildman–Crippen LogP) is -4.40. The number of rotatable bonds is 10. The molecular weight excluding hydrogens is 431 g/mol. The number of aliphatic hydroxyl groups excluding tert-OH is 1. The summed E-state index contributed by atoms with van der Waals surface area (Å²) in [7, 11) is -4.95. The average Bonchev–Trinajstić information content (AvgIpc) is 2.66. The van der Waals surface area contributed by atoms with E-state index in [4.69, 9.17) is 24.1 Å². The molecule has 1 aliphatic rings. The minimum atomic E-state index is -4.95. The molecule has 30 heavy (non-hydrogen) atoms. The first-order chi connectivity index (χ1) is 13.7. The molecule has 0 aliphatic carbocycles. The minimum absolute atomic E-state index is 0. The maximum atomic E-state index is 11.6. The normalized spacial score (nSPS) is 27.5. The van der Waals surface area contributed by atoms with Crippen molar-refractivity contribution in [1.82, 2.24) is 0 Å².